The van der Waals surface area contributed by atoms with Crippen LogP contribution in [0.25, 0.3) is 22.2 Å². The van der Waals surface area contributed by atoms with Crippen molar-refractivity contribution in [3.05, 3.63) is 89.0 Å². The zero-order chi connectivity index (χ0) is 21.7. The van der Waals surface area contributed by atoms with Crippen molar-refractivity contribution in [3.63, 3.8) is 0 Å². The van der Waals surface area contributed by atoms with Crippen LogP contribution in [-0.4, -0.2) is 23.0 Å². The third-order valence-electron chi connectivity index (χ3n) is 6.32. The molecule has 1 aromatic heterocycles. The summed E-state index contributed by atoms with van der Waals surface area (Å²) in [5, 5.41) is 7.94. The van der Waals surface area contributed by atoms with Crippen LogP contribution in [0.15, 0.2) is 71.8 Å². The summed E-state index contributed by atoms with van der Waals surface area (Å²) in [5.41, 5.74) is 9.47. The van der Waals surface area contributed by atoms with E-state index in [1.54, 1.807) is 12.3 Å². The Hall–Kier alpha value is -4.19. The van der Waals surface area contributed by atoms with E-state index in [4.69, 9.17) is 0 Å². The smallest absolute Gasteiger partial charge is 0.272 e. The van der Waals surface area contributed by atoms with Gasteiger partial charge < -0.3 is 10.3 Å². The van der Waals surface area contributed by atoms with E-state index in [9.17, 15) is 9.59 Å². The molecule has 0 spiro atoms. The second-order valence-electron chi connectivity index (χ2n) is 8.20. The van der Waals surface area contributed by atoms with E-state index >= 15 is 0 Å². The fourth-order valence-electron chi connectivity index (χ4n) is 4.85. The average molecular weight is 420 g/mol. The quantitative estimate of drug-likeness (QED) is 0.453. The number of nitrogens with one attached hydrogen (secondary N) is 3. The lowest BCUT2D eigenvalue weighted by Crippen LogP contribution is -2.20. The van der Waals surface area contributed by atoms with Gasteiger partial charge in [0.25, 0.3) is 5.91 Å². The lowest BCUT2D eigenvalue weighted by molar-refractivity contribution is -0.117. The molecule has 1 unspecified atom stereocenters. The third-order valence-corrected chi connectivity index (χ3v) is 6.32. The summed E-state index contributed by atoms with van der Waals surface area (Å²) < 4.78 is 0. The van der Waals surface area contributed by atoms with Crippen LogP contribution in [0, 0.1) is 0 Å². The van der Waals surface area contributed by atoms with Gasteiger partial charge in [0.05, 0.1) is 23.4 Å². The number of nitrogens with zero attached hydrogens (tertiary/aromatic N) is 1. The van der Waals surface area contributed by atoms with Crippen molar-refractivity contribution in [2.24, 2.45) is 5.10 Å². The number of H-pyrrole nitrogens is 1. The number of anilines is 1. The fraction of sp³-hybridized carbons (Fsp3) is 0.115. The summed E-state index contributed by atoms with van der Waals surface area (Å²) in [7, 11) is 0. The Morgan fingerprint density at radius 3 is 2.72 bits per heavy atom. The lowest BCUT2D eigenvalue weighted by Gasteiger charge is -2.13. The zero-order valence-corrected chi connectivity index (χ0v) is 17.2. The van der Waals surface area contributed by atoms with Crippen LogP contribution in [0.2, 0.25) is 0 Å². The number of aryl methyl sites for hydroxylation is 1. The fourth-order valence-corrected chi connectivity index (χ4v) is 4.85. The molecule has 2 amide bonds. The summed E-state index contributed by atoms with van der Waals surface area (Å²) in [6.07, 6.45) is 3.36. The molecule has 0 saturated heterocycles. The molecule has 0 radical (unpaired) electrons. The predicted molar refractivity (Wildman–Crippen MR) is 125 cm³/mol. The van der Waals surface area contributed by atoms with E-state index < -0.39 is 0 Å². The largest absolute Gasteiger partial charge is 0.354 e. The molecular formula is C26H20N4O2. The normalized spacial score (nSPS) is 16.5. The zero-order valence-electron chi connectivity index (χ0n) is 17.2. The topological polar surface area (TPSA) is 86.3 Å². The highest BCUT2D eigenvalue weighted by Crippen LogP contribution is 2.36. The summed E-state index contributed by atoms with van der Waals surface area (Å²) in [4.78, 5) is 29.3. The van der Waals surface area contributed by atoms with Crippen molar-refractivity contribution < 1.29 is 9.59 Å². The Kier molecular flexibility index (Phi) is 4.18. The first-order valence-electron chi connectivity index (χ1n) is 10.7. The number of hydrogen-bond acceptors (Lipinski definition) is 3. The first-order valence-corrected chi connectivity index (χ1v) is 10.7. The van der Waals surface area contributed by atoms with Crippen molar-refractivity contribution in [2.45, 2.75) is 18.8 Å². The summed E-state index contributed by atoms with van der Waals surface area (Å²) >= 11 is 0. The van der Waals surface area contributed by atoms with Crippen molar-refractivity contribution >= 4 is 34.6 Å². The molecule has 3 aromatic carbocycles. The first-order chi connectivity index (χ1) is 15.7. The van der Waals surface area contributed by atoms with Crippen LogP contribution in [0.5, 0.6) is 0 Å². The molecule has 32 heavy (non-hydrogen) atoms. The summed E-state index contributed by atoms with van der Waals surface area (Å²) in [6.45, 7) is 0. The Morgan fingerprint density at radius 1 is 1.03 bits per heavy atom. The number of benzene rings is 3. The van der Waals surface area contributed by atoms with Gasteiger partial charge in [0.1, 0.15) is 0 Å². The highest BCUT2D eigenvalue weighted by atomic mass is 16.2. The minimum absolute atomic E-state index is 0.0538. The molecular weight excluding hydrogens is 400 g/mol. The monoisotopic (exact) mass is 420 g/mol. The molecule has 2 heterocycles. The van der Waals surface area contributed by atoms with Crippen molar-refractivity contribution in [1.29, 1.82) is 0 Å². The van der Waals surface area contributed by atoms with Crippen LogP contribution in [0.1, 0.15) is 39.4 Å². The molecule has 6 nitrogen and oxygen atoms in total. The third kappa shape index (κ3) is 2.92. The van der Waals surface area contributed by atoms with E-state index in [-0.39, 0.29) is 17.7 Å². The van der Waals surface area contributed by atoms with E-state index in [0.717, 1.165) is 46.1 Å². The second kappa shape index (κ2) is 7.20. The molecule has 4 aromatic rings. The molecule has 0 fully saturated rings. The molecule has 1 aliphatic heterocycles. The highest BCUT2D eigenvalue weighted by molar-refractivity contribution is 6.18. The highest BCUT2D eigenvalue weighted by Gasteiger charge is 2.29. The maximum absolute atomic E-state index is 13.1. The van der Waals surface area contributed by atoms with Crippen molar-refractivity contribution in [1.82, 2.24) is 10.4 Å². The lowest BCUT2D eigenvalue weighted by atomic mass is 9.99. The van der Waals surface area contributed by atoms with Gasteiger partial charge in [-0.2, -0.15) is 5.10 Å². The van der Waals surface area contributed by atoms with Gasteiger partial charge in [-0.15, -0.1) is 0 Å². The number of carbonyl (C=O) groups is 2. The van der Waals surface area contributed by atoms with E-state index in [1.807, 2.05) is 54.6 Å². The molecule has 6 heteroatoms. The van der Waals surface area contributed by atoms with Gasteiger partial charge in [0.2, 0.25) is 5.91 Å². The maximum atomic E-state index is 13.1. The van der Waals surface area contributed by atoms with Gasteiger partial charge in [-0.25, -0.2) is 5.43 Å². The second-order valence-corrected chi connectivity index (χ2v) is 8.20. The van der Waals surface area contributed by atoms with Crippen LogP contribution in [0.3, 0.4) is 0 Å². The number of carbonyl (C=O) groups excluding carboxylic acids is 2. The minimum atomic E-state index is -0.300. The van der Waals surface area contributed by atoms with Gasteiger partial charge in [-0.3, -0.25) is 9.59 Å². The van der Waals surface area contributed by atoms with Crippen LogP contribution >= 0.6 is 0 Å². The Labute approximate surface area is 184 Å². The van der Waals surface area contributed by atoms with Gasteiger partial charge in [0, 0.05) is 22.2 Å². The molecule has 2 aliphatic rings. The predicted octanol–water partition coefficient (Wildman–Crippen LogP) is 4.58. The number of amides is 2. The van der Waals surface area contributed by atoms with Gasteiger partial charge in [0.15, 0.2) is 0 Å². The molecule has 1 atom stereocenters. The Balaban J connectivity index is 1.43. The van der Waals surface area contributed by atoms with Crippen LogP contribution in [0.4, 0.5) is 5.69 Å². The van der Waals surface area contributed by atoms with Crippen LogP contribution in [-0.2, 0) is 11.2 Å². The number of hydrazone groups is 1. The molecule has 0 bridgehead atoms. The SMILES string of the molecule is O=C1NN=Cc2c(-c3ccccc3)[nH]c3cc(NC(=O)C4CCc5ccccc54)cc1c23. The van der Waals surface area contributed by atoms with E-state index in [2.05, 4.69) is 26.9 Å². The van der Waals surface area contributed by atoms with Gasteiger partial charge in [-0.05, 0) is 41.7 Å². The van der Waals surface area contributed by atoms with Gasteiger partial charge in [-0.1, -0.05) is 54.6 Å². The molecule has 3 N–H and O–H groups in total. The van der Waals surface area contributed by atoms with E-state index in [0.29, 0.717) is 11.3 Å². The van der Waals surface area contributed by atoms with Crippen LogP contribution < -0.4 is 10.7 Å². The number of hydrogen-bond donors (Lipinski definition) is 3. The van der Waals surface area contributed by atoms with Crippen molar-refractivity contribution in [2.75, 3.05) is 5.32 Å². The molecule has 156 valence electrons. The Bertz CT molecular complexity index is 1420. The first kappa shape index (κ1) is 18.6. The molecule has 1 aliphatic carbocycles. The van der Waals surface area contributed by atoms with E-state index in [1.165, 1.54) is 5.56 Å². The Morgan fingerprint density at radius 2 is 1.84 bits per heavy atom. The number of fused-ring (bicyclic) bond motifs is 1. The molecule has 6 rings (SSSR count). The van der Waals surface area contributed by atoms with Gasteiger partial charge >= 0.3 is 0 Å². The maximum Gasteiger partial charge on any atom is 0.272 e. The molecule has 0 saturated carbocycles. The summed E-state index contributed by atoms with van der Waals surface area (Å²) in [5.74, 6) is -0.537. The summed E-state index contributed by atoms with van der Waals surface area (Å²) in [6, 6.07) is 21.6. The number of aromatic nitrogens is 1. The number of aromatic amines is 1. The van der Waals surface area contributed by atoms with Crippen molar-refractivity contribution in [3.8, 4) is 11.3 Å². The average Bonchev–Trinajstić information content (AvgIpc) is 3.36. The standard InChI is InChI=1S/C26H20N4O2/c31-25(19-11-10-15-6-4-5-9-18(15)19)28-17-12-20-23-21(14-27-30-26(20)32)24(29-22(23)13-17)16-7-2-1-3-8-16/h1-9,12-14,19,29H,10-11H2,(H,28,31)(H,30,32). The minimum Gasteiger partial charge on any atom is -0.354 e. The number of rotatable bonds is 3.